The summed E-state index contributed by atoms with van der Waals surface area (Å²) in [4.78, 5) is 26.9. The first kappa shape index (κ1) is 20.8. The van der Waals surface area contributed by atoms with Crippen LogP contribution >= 0.6 is 0 Å². The summed E-state index contributed by atoms with van der Waals surface area (Å²) in [7, 11) is -1.97. The van der Waals surface area contributed by atoms with Gasteiger partial charge in [-0.1, -0.05) is 45.5 Å². The zero-order valence-corrected chi connectivity index (χ0v) is 18.7. The van der Waals surface area contributed by atoms with Gasteiger partial charge in [-0.25, -0.2) is 4.79 Å². The third kappa shape index (κ3) is 3.55. The summed E-state index contributed by atoms with van der Waals surface area (Å²) in [6, 6.07) is 8.88. The van der Waals surface area contributed by atoms with Gasteiger partial charge in [0.1, 0.15) is 6.10 Å². The maximum absolute atomic E-state index is 12.8. The van der Waals surface area contributed by atoms with E-state index in [4.69, 9.17) is 9.16 Å². The molecule has 1 amide bonds. The second kappa shape index (κ2) is 7.15. The average Bonchev–Trinajstić information content (AvgIpc) is 2.85. The molecule has 1 aromatic rings. The SMILES string of the molecule is C=C1C(OC(=O)c2ccccc2)C[C@@H]2[C@@H]([C@@H](C)O[Si](C)(C)C(C)(C)C)C(=O)N12. The zero-order chi connectivity index (χ0) is 20.9. The predicted octanol–water partition coefficient (Wildman–Crippen LogP) is 4.37. The molecule has 2 fully saturated rings. The highest BCUT2D eigenvalue weighted by Crippen LogP contribution is 2.46. The van der Waals surface area contributed by atoms with Crippen LogP contribution < -0.4 is 0 Å². The minimum absolute atomic E-state index is 0.00617. The fourth-order valence-electron chi connectivity index (χ4n) is 3.80. The van der Waals surface area contributed by atoms with Gasteiger partial charge in [-0.3, -0.25) is 4.79 Å². The molecule has 3 rings (SSSR count). The summed E-state index contributed by atoms with van der Waals surface area (Å²) in [6.07, 6.45) is -0.0447. The van der Waals surface area contributed by atoms with Crippen LogP contribution in [0, 0.1) is 5.92 Å². The van der Waals surface area contributed by atoms with E-state index < -0.39 is 14.4 Å². The van der Waals surface area contributed by atoms with Crippen LogP contribution in [0.5, 0.6) is 0 Å². The number of β-lactam (4-membered cyclic amide) rings is 1. The first-order chi connectivity index (χ1) is 12.9. The highest BCUT2D eigenvalue weighted by atomic mass is 28.4. The van der Waals surface area contributed by atoms with Gasteiger partial charge < -0.3 is 14.1 Å². The third-order valence-electron chi connectivity index (χ3n) is 6.46. The van der Waals surface area contributed by atoms with Crippen LogP contribution in [0.25, 0.3) is 0 Å². The van der Waals surface area contributed by atoms with Crippen molar-refractivity contribution in [3.8, 4) is 0 Å². The molecule has 0 aromatic heterocycles. The van der Waals surface area contributed by atoms with Crippen LogP contribution in [0.15, 0.2) is 42.6 Å². The normalized spacial score (nSPS) is 25.9. The molecule has 152 valence electrons. The number of hydrogen-bond acceptors (Lipinski definition) is 4. The van der Waals surface area contributed by atoms with Crippen molar-refractivity contribution in [2.24, 2.45) is 5.92 Å². The second-order valence-electron chi connectivity index (χ2n) is 9.37. The second-order valence-corrected chi connectivity index (χ2v) is 14.1. The smallest absolute Gasteiger partial charge is 0.338 e. The topological polar surface area (TPSA) is 55.8 Å². The van der Waals surface area contributed by atoms with Gasteiger partial charge in [-0.05, 0) is 37.2 Å². The van der Waals surface area contributed by atoms with E-state index in [-0.39, 0.29) is 35.0 Å². The van der Waals surface area contributed by atoms with Gasteiger partial charge in [-0.2, -0.15) is 0 Å². The van der Waals surface area contributed by atoms with Crippen molar-refractivity contribution in [3.05, 3.63) is 48.2 Å². The van der Waals surface area contributed by atoms with E-state index in [1.165, 1.54) is 0 Å². The van der Waals surface area contributed by atoms with Crippen molar-refractivity contribution < 1.29 is 18.8 Å². The molecule has 5 nitrogen and oxygen atoms in total. The number of benzene rings is 1. The molecular weight excluding hydrogens is 370 g/mol. The Morgan fingerprint density at radius 1 is 1.25 bits per heavy atom. The quantitative estimate of drug-likeness (QED) is 0.418. The molecule has 0 bridgehead atoms. The molecule has 0 aliphatic carbocycles. The summed E-state index contributed by atoms with van der Waals surface area (Å²) < 4.78 is 12.1. The van der Waals surface area contributed by atoms with Gasteiger partial charge in [0.05, 0.1) is 29.3 Å². The fourth-order valence-corrected chi connectivity index (χ4v) is 5.23. The number of nitrogens with zero attached hydrogens (tertiary/aromatic N) is 1. The maximum atomic E-state index is 12.8. The Hall–Kier alpha value is -1.92. The van der Waals surface area contributed by atoms with Gasteiger partial charge in [0.25, 0.3) is 0 Å². The number of amides is 1. The van der Waals surface area contributed by atoms with Crippen LogP contribution in [0.3, 0.4) is 0 Å². The van der Waals surface area contributed by atoms with E-state index in [0.29, 0.717) is 17.7 Å². The molecule has 2 aliphatic rings. The Bertz CT molecular complexity index is 783. The monoisotopic (exact) mass is 401 g/mol. The maximum Gasteiger partial charge on any atom is 0.338 e. The molecule has 0 radical (unpaired) electrons. The Labute approximate surface area is 168 Å². The Balaban J connectivity index is 1.67. The molecule has 2 aliphatic heterocycles. The van der Waals surface area contributed by atoms with Gasteiger partial charge in [0, 0.05) is 6.42 Å². The molecule has 0 saturated carbocycles. The molecule has 2 saturated heterocycles. The highest BCUT2D eigenvalue weighted by molar-refractivity contribution is 6.74. The number of fused-ring (bicyclic) bond motifs is 1. The number of hydrogen-bond donors (Lipinski definition) is 0. The fraction of sp³-hybridized carbons (Fsp3) is 0.545. The molecule has 28 heavy (non-hydrogen) atoms. The minimum atomic E-state index is -1.97. The summed E-state index contributed by atoms with van der Waals surface area (Å²) in [5.41, 5.74) is 1.08. The van der Waals surface area contributed by atoms with Crippen molar-refractivity contribution in [1.29, 1.82) is 0 Å². The van der Waals surface area contributed by atoms with Crippen molar-refractivity contribution >= 4 is 20.2 Å². The highest BCUT2D eigenvalue weighted by Gasteiger charge is 2.58. The third-order valence-corrected chi connectivity index (χ3v) is 11.0. The minimum Gasteiger partial charge on any atom is -0.452 e. The molecular formula is C22H31NO4Si. The lowest BCUT2D eigenvalue weighted by Gasteiger charge is -2.48. The predicted molar refractivity (Wildman–Crippen MR) is 111 cm³/mol. The summed E-state index contributed by atoms with van der Waals surface area (Å²) >= 11 is 0. The number of ether oxygens (including phenoxy) is 1. The number of carbonyl (C=O) groups excluding carboxylic acids is 2. The molecule has 0 spiro atoms. The lowest BCUT2D eigenvalue weighted by Crippen LogP contribution is -2.62. The molecule has 1 unspecified atom stereocenters. The first-order valence-electron chi connectivity index (χ1n) is 9.90. The van der Waals surface area contributed by atoms with E-state index in [1.807, 2.05) is 13.0 Å². The van der Waals surface area contributed by atoms with Crippen molar-refractivity contribution in [1.82, 2.24) is 4.90 Å². The zero-order valence-electron chi connectivity index (χ0n) is 17.7. The first-order valence-corrected chi connectivity index (χ1v) is 12.8. The standard InChI is InChI=1S/C22H31NO4Si/c1-14-18(26-21(25)16-11-9-8-10-12-16)13-17-19(20(24)23(14)17)15(2)27-28(6,7)22(3,4)5/h8-12,15,17-19H,1,13H2,2-7H3/t15-,17-,18?,19-/m1/s1. The van der Waals surface area contributed by atoms with Crippen LogP contribution in [0.4, 0.5) is 0 Å². The van der Waals surface area contributed by atoms with Crippen molar-refractivity contribution in [3.63, 3.8) is 0 Å². The van der Waals surface area contributed by atoms with Gasteiger partial charge in [0.2, 0.25) is 5.91 Å². The van der Waals surface area contributed by atoms with Crippen LogP contribution in [-0.2, 0) is 14.0 Å². The van der Waals surface area contributed by atoms with Crippen LogP contribution in [-0.4, -0.2) is 43.3 Å². The summed E-state index contributed by atoms with van der Waals surface area (Å²) in [5.74, 6) is -0.561. The van der Waals surface area contributed by atoms with Gasteiger partial charge in [0.15, 0.2) is 8.32 Å². The Kier molecular flexibility index (Phi) is 5.32. The Morgan fingerprint density at radius 3 is 2.43 bits per heavy atom. The van der Waals surface area contributed by atoms with Crippen molar-refractivity contribution in [2.45, 2.75) is 70.5 Å². The molecule has 2 heterocycles. The molecule has 0 N–H and O–H groups in total. The molecule has 1 aromatic carbocycles. The summed E-state index contributed by atoms with van der Waals surface area (Å²) in [5, 5.41) is 0.0841. The van der Waals surface area contributed by atoms with E-state index >= 15 is 0 Å². The van der Waals surface area contributed by atoms with Crippen LogP contribution in [0.1, 0.15) is 44.5 Å². The molecule has 6 heteroatoms. The van der Waals surface area contributed by atoms with E-state index in [2.05, 4.69) is 40.4 Å². The lowest BCUT2D eigenvalue weighted by molar-refractivity contribution is -0.155. The van der Waals surface area contributed by atoms with Crippen LogP contribution in [0.2, 0.25) is 18.1 Å². The van der Waals surface area contributed by atoms with Gasteiger partial charge >= 0.3 is 5.97 Å². The van der Waals surface area contributed by atoms with E-state index in [1.54, 1.807) is 29.2 Å². The van der Waals surface area contributed by atoms with Crippen molar-refractivity contribution in [2.75, 3.05) is 0 Å². The Morgan fingerprint density at radius 2 is 1.86 bits per heavy atom. The summed E-state index contributed by atoms with van der Waals surface area (Å²) in [6.45, 7) is 17.0. The number of rotatable bonds is 5. The largest absolute Gasteiger partial charge is 0.452 e. The average molecular weight is 402 g/mol. The lowest BCUT2D eigenvalue weighted by atomic mass is 9.84. The molecule has 4 atom stereocenters. The number of esters is 1. The van der Waals surface area contributed by atoms with E-state index in [9.17, 15) is 9.59 Å². The van der Waals surface area contributed by atoms with Gasteiger partial charge in [-0.15, -0.1) is 0 Å². The van der Waals surface area contributed by atoms with E-state index in [0.717, 1.165) is 0 Å². The number of carbonyl (C=O) groups is 2.